The quantitative estimate of drug-likeness (QED) is 0.149. The van der Waals surface area contributed by atoms with Crippen LogP contribution in [0.2, 0.25) is 0 Å². The minimum atomic E-state index is 0.0195. The number of hydrogen-bond acceptors (Lipinski definition) is 4. The zero-order valence-corrected chi connectivity index (χ0v) is 34.2. The Hall–Kier alpha value is -4.42. The standard InChI is InChI=1S/C13H17N.C12H15NO.C11H13NOS.C10H14/c1-9-7-10-8-11(13(2,3)4)5-6-12(10)14-9;1-12(2,3)9-4-5-10-8(6-9)7-11(14)13-10;1-11(2,3)7-4-5-8-9(6-7)14-10(13)12-8;1-10(2,3)9-7-5-4-6-8-9/h5-6,8,14H,1,7H2,2-4H3;4-6H,7H2,1-3H3,(H,13,14);4-6H,1-3H3,(H,12,13);4-8H,1-3H3. The predicted octanol–water partition coefficient (Wildman–Crippen LogP) is 11.8. The predicted molar refractivity (Wildman–Crippen MR) is 225 cm³/mol. The molecule has 2 aliphatic heterocycles. The van der Waals surface area contributed by atoms with Gasteiger partial charge in [0.2, 0.25) is 5.91 Å². The molecule has 3 heterocycles. The van der Waals surface area contributed by atoms with Gasteiger partial charge in [-0.1, -0.05) is 162 Å². The monoisotopic (exact) mass is 717 g/mol. The molecular formula is C46H59N3O2S. The summed E-state index contributed by atoms with van der Waals surface area (Å²) >= 11 is 1.27. The van der Waals surface area contributed by atoms with Gasteiger partial charge >= 0.3 is 4.87 Å². The Morgan fingerprint density at radius 1 is 0.538 bits per heavy atom. The average Bonchev–Trinajstić information content (AvgIpc) is 3.73. The van der Waals surface area contributed by atoms with Gasteiger partial charge in [0.15, 0.2) is 0 Å². The second kappa shape index (κ2) is 15.7. The molecule has 0 saturated carbocycles. The highest BCUT2D eigenvalue weighted by molar-refractivity contribution is 7.16. The van der Waals surface area contributed by atoms with E-state index in [1.54, 1.807) is 0 Å². The summed E-state index contributed by atoms with van der Waals surface area (Å²) in [6, 6.07) is 29.6. The molecule has 0 saturated heterocycles. The summed E-state index contributed by atoms with van der Waals surface area (Å²) < 4.78 is 1.04. The summed E-state index contributed by atoms with van der Waals surface area (Å²) in [5.41, 5.74) is 12.9. The van der Waals surface area contributed by atoms with Crippen molar-refractivity contribution in [2.75, 3.05) is 10.6 Å². The smallest absolute Gasteiger partial charge is 0.305 e. The van der Waals surface area contributed by atoms with E-state index in [2.05, 4.69) is 178 Å². The van der Waals surface area contributed by atoms with Crippen LogP contribution in [-0.4, -0.2) is 10.9 Å². The first-order valence-electron chi connectivity index (χ1n) is 18.2. The first-order valence-corrected chi connectivity index (χ1v) is 19.0. The van der Waals surface area contributed by atoms with Crippen molar-refractivity contribution in [3.8, 4) is 0 Å². The number of carbonyl (C=O) groups is 1. The molecule has 0 unspecified atom stereocenters. The molecule has 0 atom stereocenters. The normalized spacial score (nSPS) is 13.7. The number of benzene rings is 4. The van der Waals surface area contributed by atoms with E-state index >= 15 is 0 Å². The molecule has 1 amide bonds. The van der Waals surface area contributed by atoms with E-state index < -0.39 is 0 Å². The molecule has 4 aromatic carbocycles. The number of rotatable bonds is 0. The summed E-state index contributed by atoms with van der Waals surface area (Å²) in [4.78, 5) is 25.1. The van der Waals surface area contributed by atoms with Crippen LogP contribution in [0.15, 0.2) is 102 Å². The van der Waals surface area contributed by atoms with Gasteiger partial charge in [-0.25, -0.2) is 0 Å². The van der Waals surface area contributed by atoms with Gasteiger partial charge in [0.25, 0.3) is 0 Å². The van der Waals surface area contributed by atoms with Crippen LogP contribution < -0.4 is 15.5 Å². The average molecular weight is 718 g/mol. The number of anilines is 2. The molecule has 5 nitrogen and oxygen atoms in total. The van der Waals surface area contributed by atoms with Crippen LogP contribution in [0, 0.1) is 0 Å². The molecule has 3 N–H and O–H groups in total. The van der Waals surface area contributed by atoms with Crippen molar-refractivity contribution in [3.63, 3.8) is 0 Å². The van der Waals surface area contributed by atoms with Crippen molar-refractivity contribution in [2.24, 2.45) is 0 Å². The van der Waals surface area contributed by atoms with Crippen molar-refractivity contribution in [1.29, 1.82) is 0 Å². The van der Waals surface area contributed by atoms with Gasteiger partial charge in [-0.05, 0) is 79.3 Å². The van der Waals surface area contributed by atoms with Crippen LogP contribution in [0.1, 0.15) is 116 Å². The van der Waals surface area contributed by atoms with Crippen LogP contribution in [-0.2, 0) is 39.3 Å². The number of carbonyl (C=O) groups excluding carboxylic acids is 1. The van der Waals surface area contributed by atoms with Crippen LogP contribution >= 0.6 is 11.3 Å². The number of allylic oxidation sites excluding steroid dienone is 1. The largest absolute Gasteiger partial charge is 0.359 e. The lowest BCUT2D eigenvalue weighted by Gasteiger charge is -2.19. The van der Waals surface area contributed by atoms with Gasteiger partial charge < -0.3 is 15.6 Å². The lowest BCUT2D eigenvalue weighted by molar-refractivity contribution is -0.115. The maximum atomic E-state index is 11.1. The highest BCUT2D eigenvalue weighted by Gasteiger charge is 2.22. The highest BCUT2D eigenvalue weighted by atomic mass is 32.1. The number of nitrogens with one attached hydrogen (secondary N) is 3. The number of H-pyrrole nitrogens is 1. The van der Waals surface area contributed by atoms with Crippen LogP contribution in [0.25, 0.3) is 10.2 Å². The molecule has 0 bridgehead atoms. The molecule has 0 aliphatic carbocycles. The van der Waals surface area contributed by atoms with Crippen molar-refractivity contribution in [2.45, 2.75) is 118 Å². The lowest BCUT2D eigenvalue weighted by atomic mass is 9.86. The minimum absolute atomic E-state index is 0.0195. The Labute approximate surface area is 316 Å². The van der Waals surface area contributed by atoms with Crippen LogP contribution in [0.4, 0.5) is 11.4 Å². The number of aromatic nitrogens is 1. The first kappa shape index (κ1) is 40.4. The number of hydrogen-bond donors (Lipinski definition) is 3. The van der Waals surface area contributed by atoms with E-state index in [1.807, 2.05) is 12.1 Å². The third-order valence-electron chi connectivity index (χ3n) is 9.21. The Morgan fingerprint density at radius 3 is 1.50 bits per heavy atom. The number of amides is 1. The second-order valence-electron chi connectivity index (χ2n) is 18.0. The summed E-state index contributed by atoms with van der Waals surface area (Å²) in [7, 11) is 0. The molecule has 6 heteroatoms. The maximum Gasteiger partial charge on any atom is 0.305 e. The van der Waals surface area contributed by atoms with Gasteiger partial charge in [0.1, 0.15) is 0 Å². The third-order valence-corrected chi connectivity index (χ3v) is 10.1. The molecule has 52 heavy (non-hydrogen) atoms. The summed E-state index contributed by atoms with van der Waals surface area (Å²) in [6.45, 7) is 30.4. The Morgan fingerprint density at radius 2 is 1.00 bits per heavy atom. The fraction of sp³-hybridized carbons (Fsp3) is 0.391. The highest BCUT2D eigenvalue weighted by Crippen LogP contribution is 2.33. The van der Waals surface area contributed by atoms with E-state index in [1.165, 1.54) is 44.8 Å². The minimum Gasteiger partial charge on any atom is -0.359 e. The van der Waals surface area contributed by atoms with Gasteiger partial charge in [-0.3, -0.25) is 9.59 Å². The van der Waals surface area contributed by atoms with E-state index in [-0.39, 0.29) is 27.0 Å². The lowest BCUT2D eigenvalue weighted by Crippen LogP contribution is -2.11. The van der Waals surface area contributed by atoms with Gasteiger partial charge in [0.05, 0.1) is 16.6 Å². The van der Waals surface area contributed by atoms with Crippen molar-refractivity contribution >= 4 is 38.8 Å². The molecule has 2 aliphatic rings. The first-order chi connectivity index (χ1) is 24.0. The van der Waals surface area contributed by atoms with Crippen LogP contribution in [0.3, 0.4) is 0 Å². The second-order valence-corrected chi connectivity index (χ2v) is 19.0. The van der Waals surface area contributed by atoms with E-state index in [4.69, 9.17) is 0 Å². The molecule has 276 valence electrons. The fourth-order valence-electron chi connectivity index (χ4n) is 5.84. The summed E-state index contributed by atoms with van der Waals surface area (Å²) in [5.74, 6) is 0.103. The SMILES string of the molecule is C=C1Cc2cc(C(C)(C)C)ccc2N1.CC(C)(C)c1ccc2[nH]c(=O)sc2c1.CC(C)(C)c1ccc2c(c1)CC(=O)N2.CC(C)(C)c1ccccc1. The summed E-state index contributed by atoms with van der Waals surface area (Å²) in [6.07, 6.45) is 1.50. The Kier molecular flexibility index (Phi) is 12.2. The number of thiazole rings is 1. The Balaban J connectivity index is 0.000000156. The summed E-state index contributed by atoms with van der Waals surface area (Å²) in [5, 5.41) is 6.12. The molecule has 0 spiro atoms. The molecule has 7 rings (SSSR count). The molecular weight excluding hydrogens is 659 g/mol. The van der Waals surface area contributed by atoms with Crippen molar-refractivity contribution < 1.29 is 4.79 Å². The van der Waals surface area contributed by atoms with E-state index in [0.29, 0.717) is 11.8 Å². The third kappa shape index (κ3) is 11.0. The topological polar surface area (TPSA) is 74.0 Å². The van der Waals surface area contributed by atoms with Crippen molar-refractivity contribution in [1.82, 2.24) is 4.98 Å². The zero-order valence-electron chi connectivity index (χ0n) is 33.4. The van der Waals surface area contributed by atoms with E-state index in [0.717, 1.165) is 33.6 Å². The maximum absolute atomic E-state index is 11.1. The van der Waals surface area contributed by atoms with Gasteiger partial charge in [0, 0.05) is 23.5 Å². The number of fused-ring (bicyclic) bond motifs is 3. The van der Waals surface area contributed by atoms with Gasteiger partial charge in [-0.15, -0.1) is 0 Å². The molecule has 0 fully saturated rings. The number of aromatic amines is 1. The van der Waals surface area contributed by atoms with E-state index in [9.17, 15) is 9.59 Å². The molecule has 1 aromatic heterocycles. The zero-order chi connectivity index (χ0) is 38.6. The van der Waals surface area contributed by atoms with Crippen LogP contribution in [0.5, 0.6) is 0 Å². The fourth-order valence-corrected chi connectivity index (χ4v) is 6.61. The molecule has 5 aromatic rings. The van der Waals surface area contributed by atoms with Crippen molar-refractivity contribution in [3.05, 3.63) is 140 Å². The van der Waals surface area contributed by atoms with Gasteiger partial charge in [-0.2, -0.15) is 0 Å². The Bertz CT molecular complexity index is 2000. The molecule has 0 radical (unpaired) electrons.